The zero-order valence-corrected chi connectivity index (χ0v) is 21.1. The van der Waals surface area contributed by atoms with Crippen molar-refractivity contribution in [2.45, 2.75) is 32.4 Å². The van der Waals surface area contributed by atoms with Crippen LogP contribution in [0.2, 0.25) is 0 Å². The third kappa shape index (κ3) is 4.85. The third-order valence-corrected chi connectivity index (χ3v) is 6.78. The van der Waals surface area contributed by atoms with Crippen LogP contribution in [-0.4, -0.2) is 24.8 Å². The summed E-state index contributed by atoms with van der Waals surface area (Å²) in [5, 5.41) is 12.7. The van der Waals surface area contributed by atoms with Gasteiger partial charge >= 0.3 is 12.0 Å². The second-order valence-electron chi connectivity index (χ2n) is 9.48. The number of methoxy groups -OCH3 is 1. The van der Waals surface area contributed by atoms with E-state index in [-0.39, 0.29) is 18.0 Å². The van der Waals surface area contributed by atoms with Gasteiger partial charge in [0.2, 0.25) is 0 Å². The second-order valence-corrected chi connectivity index (χ2v) is 9.48. The van der Waals surface area contributed by atoms with E-state index in [0.29, 0.717) is 11.3 Å². The van der Waals surface area contributed by atoms with Crippen LogP contribution in [0.3, 0.4) is 0 Å². The lowest BCUT2D eigenvalue weighted by Gasteiger charge is -2.31. The molecule has 2 heterocycles. The molecule has 0 radical (unpaired) electrons. The van der Waals surface area contributed by atoms with Crippen molar-refractivity contribution in [1.82, 2.24) is 10.6 Å². The van der Waals surface area contributed by atoms with E-state index in [1.54, 1.807) is 0 Å². The minimum Gasteiger partial charge on any atom is -0.466 e. The number of amides is 2. The van der Waals surface area contributed by atoms with Gasteiger partial charge in [0.25, 0.3) is 0 Å². The van der Waals surface area contributed by atoms with Gasteiger partial charge in [-0.05, 0) is 34.7 Å². The molecule has 7 nitrogen and oxygen atoms in total. The van der Waals surface area contributed by atoms with Crippen LogP contribution in [0.5, 0.6) is 0 Å². The highest BCUT2D eigenvalue weighted by molar-refractivity contribution is 6.03. The normalized spacial score (nSPS) is 19.4. The maximum atomic E-state index is 12.7. The highest BCUT2D eigenvalue weighted by Crippen LogP contribution is 2.38. The molecule has 5 rings (SSSR count). The molecule has 0 saturated heterocycles. The molecule has 2 amide bonds. The first kappa shape index (κ1) is 24.3. The molecule has 3 aromatic rings. The number of rotatable bonds is 6. The van der Waals surface area contributed by atoms with Gasteiger partial charge in [-0.15, -0.1) is 0 Å². The molecule has 0 aliphatic carbocycles. The summed E-state index contributed by atoms with van der Waals surface area (Å²) < 4.78 is 5.06. The molecule has 2 aliphatic heterocycles. The quantitative estimate of drug-likeness (QED) is 0.445. The van der Waals surface area contributed by atoms with E-state index >= 15 is 0 Å². The van der Waals surface area contributed by atoms with Gasteiger partial charge in [-0.2, -0.15) is 5.10 Å². The fourth-order valence-corrected chi connectivity index (χ4v) is 4.94. The first-order valence-electron chi connectivity index (χ1n) is 12.4. The molecular weight excluding hydrogens is 464 g/mol. The molecule has 0 saturated carbocycles. The number of nitrogens with zero attached hydrogens (tertiary/aromatic N) is 2. The van der Waals surface area contributed by atoms with Crippen molar-refractivity contribution in [3.8, 4) is 0 Å². The summed E-state index contributed by atoms with van der Waals surface area (Å²) in [6.07, 6.45) is 0.785. The summed E-state index contributed by atoms with van der Waals surface area (Å²) in [6.45, 7) is 3.87. The van der Waals surface area contributed by atoms with Crippen molar-refractivity contribution >= 4 is 23.4 Å². The number of carbonyl (C=O) groups is 2. The number of urea groups is 1. The van der Waals surface area contributed by atoms with Gasteiger partial charge in [0, 0.05) is 12.1 Å². The van der Waals surface area contributed by atoms with Gasteiger partial charge in [0.1, 0.15) is 0 Å². The number of anilines is 1. The Morgan fingerprint density at radius 3 is 2.22 bits per heavy atom. The lowest BCUT2D eigenvalue weighted by atomic mass is 9.91. The number of hydrazone groups is 1. The van der Waals surface area contributed by atoms with E-state index in [0.717, 1.165) is 28.9 Å². The summed E-state index contributed by atoms with van der Waals surface area (Å²) in [6, 6.07) is 27.5. The van der Waals surface area contributed by atoms with Gasteiger partial charge in [0.05, 0.1) is 36.2 Å². The number of allylic oxidation sites excluding steroid dienone is 1. The van der Waals surface area contributed by atoms with Crippen LogP contribution in [0.15, 0.2) is 101 Å². The van der Waals surface area contributed by atoms with Crippen LogP contribution < -0.4 is 15.6 Å². The monoisotopic (exact) mass is 494 g/mol. The number of carbonyl (C=O) groups excluding carboxylic acids is 2. The van der Waals surface area contributed by atoms with Gasteiger partial charge in [-0.25, -0.2) is 9.59 Å². The smallest absolute Gasteiger partial charge is 0.337 e. The highest BCUT2D eigenvalue weighted by Gasteiger charge is 2.35. The number of hydrogen-bond acceptors (Lipinski definition) is 5. The predicted octanol–water partition coefficient (Wildman–Crippen LogP) is 5.48. The van der Waals surface area contributed by atoms with Crippen molar-refractivity contribution in [3.63, 3.8) is 0 Å². The number of hydrogen-bond donors (Lipinski definition) is 2. The van der Waals surface area contributed by atoms with Gasteiger partial charge in [0.15, 0.2) is 0 Å². The second kappa shape index (κ2) is 10.3. The predicted molar refractivity (Wildman–Crippen MR) is 144 cm³/mol. The Bertz CT molecular complexity index is 1350. The van der Waals surface area contributed by atoms with Gasteiger partial charge < -0.3 is 15.4 Å². The highest BCUT2D eigenvalue weighted by atomic mass is 16.5. The lowest BCUT2D eigenvalue weighted by Crippen LogP contribution is -2.47. The molecule has 37 heavy (non-hydrogen) atoms. The first-order chi connectivity index (χ1) is 18.0. The summed E-state index contributed by atoms with van der Waals surface area (Å²) in [4.78, 5) is 25.2. The minimum absolute atomic E-state index is 0.0519. The summed E-state index contributed by atoms with van der Waals surface area (Å²) in [7, 11) is 1.35. The van der Waals surface area contributed by atoms with Crippen LogP contribution in [0.4, 0.5) is 10.5 Å². The Morgan fingerprint density at radius 2 is 1.59 bits per heavy atom. The maximum Gasteiger partial charge on any atom is 0.337 e. The van der Waals surface area contributed by atoms with Crippen LogP contribution in [-0.2, 0) is 9.53 Å². The topological polar surface area (TPSA) is 83.0 Å². The summed E-state index contributed by atoms with van der Waals surface area (Å²) in [5.41, 5.74) is 6.03. The molecular formula is C30H30N4O3. The van der Waals surface area contributed by atoms with Gasteiger partial charge in [-0.1, -0.05) is 86.6 Å². The number of benzene rings is 3. The SMILES string of the molecule is COC(=O)C1=C(C(C)C)NC(=O)NC1c1ccc(N2N=C(c3ccccc3)CC2c2ccccc2)cc1. The van der Waals surface area contributed by atoms with E-state index in [1.807, 2.05) is 74.5 Å². The number of nitrogens with one attached hydrogen (secondary N) is 2. The lowest BCUT2D eigenvalue weighted by molar-refractivity contribution is -0.136. The Hall–Kier alpha value is -4.39. The number of ether oxygens (including phenoxy) is 1. The standard InChI is InChI=1S/C30H30N4O3/c1-19(2)27-26(29(35)37-3)28(32-30(36)31-27)22-14-16-23(17-15-22)34-25(21-12-8-5-9-13-21)18-24(33-34)20-10-6-4-7-11-20/h4-17,19,25,28H,18H2,1-3H3,(H2,31,32,36). The van der Waals surface area contributed by atoms with Gasteiger partial charge in [-0.3, -0.25) is 5.01 Å². The molecule has 2 atom stereocenters. The Labute approximate surface area is 216 Å². The van der Waals surface area contributed by atoms with Crippen molar-refractivity contribution in [3.05, 3.63) is 113 Å². The van der Waals surface area contributed by atoms with E-state index in [1.165, 1.54) is 12.7 Å². The molecule has 2 unspecified atom stereocenters. The fraction of sp³-hybridized carbons (Fsp3) is 0.233. The average molecular weight is 495 g/mol. The van der Waals surface area contributed by atoms with Crippen molar-refractivity contribution < 1.29 is 14.3 Å². The Morgan fingerprint density at radius 1 is 0.946 bits per heavy atom. The van der Waals surface area contributed by atoms with E-state index in [9.17, 15) is 9.59 Å². The molecule has 2 aliphatic rings. The molecule has 7 heteroatoms. The number of esters is 1. The molecule has 188 valence electrons. The van der Waals surface area contributed by atoms with Crippen LogP contribution in [0.1, 0.15) is 49.0 Å². The van der Waals surface area contributed by atoms with Crippen LogP contribution >= 0.6 is 0 Å². The summed E-state index contributed by atoms with van der Waals surface area (Å²) >= 11 is 0. The maximum absolute atomic E-state index is 12.7. The third-order valence-electron chi connectivity index (χ3n) is 6.78. The van der Waals surface area contributed by atoms with E-state index in [4.69, 9.17) is 9.84 Å². The zero-order valence-electron chi connectivity index (χ0n) is 21.1. The summed E-state index contributed by atoms with van der Waals surface area (Å²) in [5.74, 6) is -0.519. The van der Waals surface area contributed by atoms with Crippen LogP contribution in [0, 0.1) is 5.92 Å². The van der Waals surface area contributed by atoms with E-state index < -0.39 is 12.0 Å². The minimum atomic E-state index is -0.612. The van der Waals surface area contributed by atoms with Crippen molar-refractivity contribution in [2.75, 3.05) is 12.1 Å². The first-order valence-corrected chi connectivity index (χ1v) is 12.4. The average Bonchev–Trinajstić information content (AvgIpc) is 3.39. The molecule has 0 aromatic heterocycles. The Kier molecular flexibility index (Phi) is 6.77. The molecule has 2 N–H and O–H groups in total. The van der Waals surface area contributed by atoms with Crippen molar-refractivity contribution in [1.29, 1.82) is 0 Å². The molecule has 3 aromatic carbocycles. The fourth-order valence-electron chi connectivity index (χ4n) is 4.94. The molecule has 0 bridgehead atoms. The molecule has 0 spiro atoms. The van der Waals surface area contributed by atoms with Crippen LogP contribution in [0.25, 0.3) is 0 Å². The zero-order chi connectivity index (χ0) is 25.9. The van der Waals surface area contributed by atoms with Crippen molar-refractivity contribution in [2.24, 2.45) is 11.0 Å². The van der Waals surface area contributed by atoms with E-state index in [2.05, 4.69) is 39.9 Å². The Balaban J connectivity index is 1.51. The molecule has 0 fully saturated rings. The largest absolute Gasteiger partial charge is 0.466 e.